The van der Waals surface area contributed by atoms with Gasteiger partial charge in [0.15, 0.2) is 0 Å². The first-order valence-electron chi connectivity index (χ1n) is 10.9. The lowest BCUT2D eigenvalue weighted by molar-refractivity contribution is -0.118. The first-order chi connectivity index (χ1) is 16.1. The number of aromatic nitrogens is 1. The number of nitrogens with one attached hydrogen (secondary N) is 1. The Hall–Kier alpha value is -4.11. The number of carbonyl (C=O) groups is 2. The normalized spacial score (nSPS) is 16.3. The summed E-state index contributed by atoms with van der Waals surface area (Å²) in [5.41, 5.74) is 3.69. The number of ketones is 1. The van der Waals surface area contributed by atoms with Crippen LogP contribution in [0.3, 0.4) is 0 Å². The van der Waals surface area contributed by atoms with E-state index in [4.69, 9.17) is 9.47 Å². The van der Waals surface area contributed by atoms with Crippen LogP contribution in [-0.4, -0.2) is 23.3 Å². The number of aryl methyl sites for hydroxylation is 1. The minimum atomic E-state index is -0.326. The fourth-order valence-corrected chi connectivity index (χ4v) is 4.03. The topological polar surface area (TPSA) is 77.5 Å². The third-order valence-corrected chi connectivity index (χ3v) is 5.88. The highest BCUT2D eigenvalue weighted by molar-refractivity contribution is 5.98. The van der Waals surface area contributed by atoms with Gasteiger partial charge in [-0.1, -0.05) is 24.1 Å². The number of carbonyl (C=O) groups excluding carboxylic acids is 2. The maximum atomic E-state index is 12.7. The van der Waals surface area contributed by atoms with E-state index in [1.807, 2.05) is 49.4 Å². The van der Waals surface area contributed by atoms with Crippen LogP contribution in [-0.2, 0) is 22.4 Å². The van der Waals surface area contributed by atoms with Crippen molar-refractivity contribution >= 4 is 17.5 Å². The molecule has 2 aliphatic heterocycles. The molecule has 6 nitrogen and oxygen atoms in total. The third kappa shape index (κ3) is 4.44. The lowest BCUT2D eigenvalue weighted by Crippen LogP contribution is -2.27. The molecule has 0 bridgehead atoms. The molecule has 0 radical (unpaired) electrons. The number of amides is 1. The molecule has 164 valence electrons. The highest BCUT2D eigenvalue weighted by Gasteiger charge is 2.26. The Labute approximate surface area is 192 Å². The molecule has 0 fully saturated rings. The second-order valence-electron chi connectivity index (χ2n) is 8.20. The van der Waals surface area contributed by atoms with Crippen molar-refractivity contribution in [1.82, 2.24) is 4.98 Å². The third-order valence-electron chi connectivity index (χ3n) is 5.88. The van der Waals surface area contributed by atoms with Crippen LogP contribution in [0.2, 0.25) is 0 Å². The minimum absolute atomic E-state index is 0.0423. The molecule has 33 heavy (non-hydrogen) atoms. The lowest BCUT2D eigenvalue weighted by atomic mass is 9.93. The van der Waals surface area contributed by atoms with Gasteiger partial charge in [0.2, 0.25) is 11.7 Å². The van der Waals surface area contributed by atoms with Crippen molar-refractivity contribution in [3.05, 3.63) is 77.0 Å². The van der Waals surface area contributed by atoms with Gasteiger partial charge in [0, 0.05) is 23.7 Å². The zero-order valence-electron chi connectivity index (χ0n) is 18.2. The van der Waals surface area contributed by atoms with Gasteiger partial charge in [0.05, 0.1) is 12.5 Å². The van der Waals surface area contributed by atoms with Crippen LogP contribution in [0.5, 0.6) is 17.2 Å². The van der Waals surface area contributed by atoms with Gasteiger partial charge in [-0.2, -0.15) is 0 Å². The monoisotopic (exact) mass is 438 g/mol. The Morgan fingerprint density at radius 1 is 1.18 bits per heavy atom. The van der Waals surface area contributed by atoms with Crippen LogP contribution < -0.4 is 14.8 Å². The van der Waals surface area contributed by atoms with E-state index in [0.29, 0.717) is 43.2 Å². The average Bonchev–Trinajstić information content (AvgIpc) is 2.83. The van der Waals surface area contributed by atoms with Crippen LogP contribution in [0.1, 0.15) is 28.7 Å². The molecule has 2 aromatic carbocycles. The van der Waals surface area contributed by atoms with E-state index in [9.17, 15) is 9.59 Å². The van der Waals surface area contributed by atoms with Gasteiger partial charge in [0.25, 0.3) is 0 Å². The van der Waals surface area contributed by atoms with Gasteiger partial charge in [-0.05, 0) is 67.1 Å². The van der Waals surface area contributed by atoms with Gasteiger partial charge in [-0.3, -0.25) is 9.59 Å². The van der Waals surface area contributed by atoms with Crippen molar-refractivity contribution in [2.24, 2.45) is 5.92 Å². The number of ether oxygens (including phenoxy) is 2. The predicted molar refractivity (Wildman–Crippen MR) is 123 cm³/mol. The fraction of sp³-hybridized carbons (Fsp3) is 0.222. The van der Waals surface area contributed by atoms with Crippen LogP contribution in [0.4, 0.5) is 5.82 Å². The average molecular weight is 438 g/mol. The van der Waals surface area contributed by atoms with Crippen molar-refractivity contribution in [3.63, 3.8) is 0 Å². The molecule has 3 aromatic rings. The summed E-state index contributed by atoms with van der Waals surface area (Å²) < 4.78 is 12.0. The van der Waals surface area contributed by atoms with E-state index in [2.05, 4.69) is 22.1 Å². The molecule has 6 heteroatoms. The van der Waals surface area contributed by atoms with Crippen LogP contribution in [0, 0.1) is 24.7 Å². The number of rotatable bonds is 3. The Kier molecular flexibility index (Phi) is 5.54. The summed E-state index contributed by atoms with van der Waals surface area (Å²) in [6.45, 7) is 2.29. The molecule has 2 aliphatic rings. The van der Waals surface area contributed by atoms with E-state index in [1.165, 1.54) is 0 Å². The summed E-state index contributed by atoms with van der Waals surface area (Å²) in [5.74, 6) is 7.88. The number of anilines is 1. The number of benzene rings is 2. The van der Waals surface area contributed by atoms with E-state index in [-0.39, 0.29) is 17.6 Å². The Bertz CT molecular complexity index is 1320. The van der Waals surface area contributed by atoms with Crippen LogP contribution >= 0.6 is 0 Å². The molecule has 1 N–H and O–H groups in total. The summed E-state index contributed by atoms with van der Waals surface area (Å²) in [6.07, 6.45) is 3.14. The van der Waals surface area contributed by atoms with Crippen LogP contribution in [0.25, 0.3) is 0 Å². The van der Waals surface area contributed by atoms with Gasteiger partial charge in [-0.25, -0.2) is 4.98 Å². The van der Waals surface area contributed by atoms with Gasteiger partial charge >= 0.3 is 0 Å². The second-order valence-corrected chi connectivity index (χ2v) is 8.20. The maximum absolute atomic E-state index is 12.7. The lowest BCUT2D eigenvalue weighted by Gasteiger charge is -2.24. The van der Waals surface area contributed by atoms with Crippen molar-refractivity contribution < 1.29 is 19.1 Å². The van der Waals surface area contributed by atoms with Gasteiger partial charge in [-0.15, -0.1) is 0 Å². The largest absolute Gasteiger partial charge is 0.492 e. The highest BCUT2D eigenvalue weighted by Crippen LogP contribution is 2.36. The summed E-state index contributed by atoms with van der Waals surface area (Å²) in [7, 11) is 0. The SMILES string of the molecule is Cc1ccccc1C#CC(=O)C1COc2ccc(Oc3ccnc4c3CCC(=O)N4)cc2C1. The molecule has 1 atom stereocenters. The molecule has 0 saturated carbocycles. The molecule has 1 aromatic heterocycles. The Morgan fingerprint density at radius 3 is 2.94 bits per heavy atom. The molecular weight excluding hydrogens is 416 g/mol. The number of hydrogen-bond donors (Lipinski definition) is 1. The molecule has 0 saturated heterocycles. The predicted octanol–water partition coefficient (Wildman–Crippen LogP) is 4.24. The number of hydrogen-bond acceptors (Lipinski definition) is 5. The van der Waals surface area contributed by atoms with Gasteiger partial charge < -0.3 is 14.8 Å². The van der Waals surface area contributed by atoms with E-state index < -0.39 is 0 Å². The van der Waals surface area contributed by atoms with Crippen molar-refractivity contribution in [2.75, 3.05) is 11.9 Å². The zero-order valence-corrected chi connectivity index (χ0v) is 18.2. The molecular formula is C27H22N2O4. The Morgan fingerprint density at radius 2 is 2.06 bits per heavy atom. The molecule has 1 unspecified atom stereocenters. The van der Waals surface area contributed by atoms with Crippen molar-refractivity contribution in [1.29, 1.82) is 0 Å². The first kappa shape index (κ1) is 20.8. The second kappa shape index (κ2) is 8.79. The molecule has 0 spiro atoms. The standard InChI is InChI=1S/C27H22N2O4/c1-17-4-2-3-5-18(17)6-9-23(30)20-14-19-15-21(7-10-24(19)32-16-20)33-25-12-13-28-27-22(25)8-11-26(31)29-27/h2-5,7,10,12-13,15,20H,8,11,14,16H2,1H3,(H,28,29,31). The Balaban J connectivity index is 1.33. The number of fused-ring (bicyclic) bond motifs is 2. The smallest absolute Gasteiger partial charge is 0.225 e. The summed E-state index contributed by atoms with van der Waals surface area (Å²) >= 11 is 0. The highest BCUT2D eigenvalue weighted by atomic mass is 16.5. The van der Waals surface area contributed by atoms with Gasteiger partial charge in [0.1, 0.15) is 23.1 Å². The first-order valence-corrected chi connectivity index (χ1v) is 10.9. The fourth-order valence-electron chi connectivity index (χ4n) is 4.03. The van der Waals surface area contributed by atoms with Crippen LogP contribution in [0.15, 0.2) is 54.7 Å². The zero-order chi connectivity index (χ0) is 22.8. The minimum Gasteiger partial charge on any atom is -0.492 e. The van der Waals surface area contributed by atoms with E-state index >= 15 is 0 Å². The quantitative estimate of drug-likeness (QED) is 0.619. The van der Waals surface area contributed by atoms with E-state index in [0.717, 1.165) is 28.0 Å². The number of Topliss-reactive ketones (excluding diaryl/α,β-unsaturated/α-hetero) is 1. The maximum Gasteiger partial charge on any atom is 0.225 e. The number of pyridine rings is 1. The molecule has 1 amide bonds. The van der Waals surface area contributed by atoms with E-state index in [1.54, 1.807) is 12.3 Å². The number of nitrogens with zero attached hydrogens (tertiary/aromatic N) is 1. The summed E-state index contributed by atoms with van der Waals surface area (Å²) in [6, 6.07) is 15.1. The molecule has 0 aliphatic carbocycles. The summed E-state index contributed by atoms with van der Waals surface area (Å²) in [4.78, 5) is 28.6. The summed E-state index contributed by atoms with van der Waals surface area (Å²) in [5, 5.41) is 2.78. The molecule has 3 heterocycles. The van der Waals surface area contributed by atoms with Crippen molar-refractivity contribution in [2.45, 2.75) is 26.2 Å². The van der Waals surface area contributed by atoms with Crippen molar-refractivity contribution in [3.8, 4) is 29.1 Å². The molecule has 5 rings (SSSR count).